The van der Waals surface area contributed by atoms with E-state index in [9.17, 15) is 18.0 Å². The smallest absolute Gasteiger partial charge is 0.353 e. The van der Waals surface area contributed by atoms with Crippen LogP contribution in [0.25, 0.3) is 0 Å². The molecule has 3 nitrogen and oxygen atoms in total. The van der Waals surface area contributed by atoms with Crippen molar-refractivity contribution in [2.75, 3.05) is 6.54 Å². The SMILES string of the molecule is O=C(NC1CCCCC1)[C@H]1CC[C@@H](C(F)(F)F)NC1. The second-order valence-electron chi connectivity index (χ2n) is 5.62. The van der Waals surface area contributed by atoms with Gasteiger partial charge in [0.05, 0.1) is 5.92 Å². The fourth-order valence-electron chi connectivity index (χ4n) is 2.93. The van der Waals surface area contributed by atoms with E-state index in [1.807, 2.05) is 0 Å². The van der Waals surface area contributed by atoms with Gasteiger partial charge >= 0.3 is 6.18 Å². The van der Waals surface area contributed by atoms with Crippen molar-refractivity contribution in [2.24, 2.45) is 5.92 Å². The van der Waals surface area contributed by atoms with Crippen molar-refractivity contribution in [1.82, 2.24) is 10.6 Å². The summed E-state index contributed by atoms with van der Waals surface area (Å²) in [5.41, 5.74) is 0. The van der Waals surface area contributed by atoms with Gasteiger partial charge in [0.15, 0.2) is 0 Å². The maximum Gasteiger partial charge on any atom is 0.403 e. The summed E-state index contributed by atoms with van der Waals surface area (Å²) in [6.07, 6.45) is 1.57. The molecule has 0 aromatic carbocycles. The highest BCUT2D eigenvalue weighted by Crippen LogP contribution is 2.28. The summed E-state index contributed by atoms with van der Waals surface area (Å²) in [6, 6.07) is -1.23. The molecule has 19 heavy (non-hydrogen) atoms. The molecule has 0 unspecified atom stereocenters. The predicted molar refractivity (Wildman–Crippen MR) is 65.6 cm³/mol. The number of amides is 1. The summed E-state index contributed by atoms with van der Waals surface area (Å²) in [4.78, 5) is 12.0. The maximum absolute atomic E-state index is 12.5. The number of halogens is 3. The Morgan fingerprint density at radius 1 is 1.05 bits per heavy atom. The van der Waals surface area contributed by atoms with Gasteiger partial charge in [-0.2, -0.15) is 13.2 Å². The number of carbonyl (C=O) groups excluding carboxylic acids is 1. The van der Waals surface area contributed by atoms with Gasteiger partial charge in [0.1, 0.15) is 6.04 Å². The molecule has 1 saturated heterocycles. The fourth-order valence-corrected chi connectivity index (χ4v) is 2.93. The number of alkyl halides is 3. The molecule has 6 heteroatoms. The van der Waals surface area contributed by atoms with Crippen LogP contribution in [0.1, 0.15) is 44.9 Å². The number of rotatable bonds is 2. The number of hydrogen-bond acceptors (Lipinski definition) is 2. The van der Waals surface area contributed by atoms with E-state index in [4.69, 9.17) is 0 Å². The summed E-state index contributed by atoms with van der Waals surface area (Å²) in [6.45, 7) is 0.128. The highest BCUT2D eigenvalue weighted by molar-refractivity contribution is 5.79. The van der Waals surface area contributed by atoms with Crippen molar-refractivity contribution < 1.29 is 18.0 Å². The molecular formula is C13H21F3N2O. The summed E-state index contributed by atoms with van der Waals surface area (Å²) >= 11 is 0. The largest absolute Gasteiger partial charge is 0.403 e. The number of carbonyl (C=O) groups is 1. The molecule has 1 aliphatic carbocycles. The average molecular weight is 278 g/mol. The third-order valence-corrected chi connectivity index (χ3v) is 4.13. The molecule has 2 atom stereocenters. The van der Waals surface area contributed by atoms with E-state index in [0.717, 1.165) is 25.7 Å². The molecule has 1 amide bonds. The van der Waals surface area contributed by atoms with E-state index in [1.54, 1.807) is 0 Å². The zero-order valence-corrected chi connectivity index (χ0v) is 10.9. The van der Waals surface area contributed by atoms with Gasteiger partial charge < -0.3 is 10.6 Å². The average Bonchev–Trinajstić information content (AvgIpc) is 2.39. The fraction of sp³-hybridized carbons (Fsp3) is 0.923. The second-order valence-corrected chi connectivity index (χ2v) is 5.62. The van der Waals surface area contributed by atoms with Gasteiger partial charge in [0, 0.05) is 12.6 Å². The van der Waals surface area contributed by atoms with E-state index >= 15 is 0 Å². The third kappa shape index (κ3) is 4.09. The monoisotopic (exact) mass is 278 g/mol. The topological polar surface area (TPSA) is 41.1 Å². The summed E-state index contributed by atoms with van der Waals surface area (Å²) in [5.74, 6) is -0.402. The van der Waals surface area contributed by atoms with Gasteiger partial charge in [0.25, 0.3) is 0 Å². The first-order valence-electron chi connectivity index (χ1n) is 7.07. The van der Waals surface area contributed by atoms with Gasteiger partial charge in [-0.3, -0.25) is 4.79 Å². The Labute approximate surface area is 111 Å². The van der Waals surface area contributed by atoms with E-state index < -0.39 is 12.2 Å². The number of nitrogens with one attached hydrogen (secondary N) is 2. The molecule has 0 spiro atoms. The molecule has 1 aliphatic heterocycles. The minimum absolute atomic E-state index is 0.00769. The Kier molecular flexibility index (Phi) is 4.71. The Morgan fingerprint density at radius 2 is 1.74 bits per heavy atom. The van der Waals surface area contributed by atoms with Crippen LogP contribution in [0, 0.1) is 5.92 Å². The van der Waals surface area contributed by atoms with Crippen molar-refractivity contribution >= 4 is 5.91 Å². The first kappa shape index (κ1) is 14.6. The normalized spacial score (nSPS) is 30.1. The lowest BCUT2D eigenvalue weighted by molar-refractivity contribution is -0.163. The Bertz CT molecular complexity index is 306. The first-order valence-corrected chi connectivity index (χ1v) is 7.07. The van der Waals surface area contributed by atoms with Gasteiger partial charge in [-0.05, 0) is 25.7 Å². The molecule has 2 fully saturated rings. The molecule has 0 aromatic heterocycles. The minimum Gasteiger partial charge on any atom is -0.353 e. The molecule has 2 aliphatic rings. The van der Waals surface area contributed by atoms with Crippen molar-refractivity contribution in [3.05, 3.63) is 0 Å². The lowest BCUT2D eigenvalue weighted by Gasteiger charge is -2.32. The van der Waals surface area contributed by atoms with E-state index in [0.29, 0.717) is 6.42 Å². The summed E-state index contributed by atoms with van der Waals surface area (Å²) < 4.78 is 37.4. The molecule has 1 saturated carbocycles. The van der Waals surface area contributed by atoms with E-state index in [1.165, 1.54) is 6.42 Å². The molecule has 110 valence electrons. The van der Waals surface area contributed by atoms with E-state index in [2.05, 4.69) is 10.6 Å². The molecule has 0 bridgehead atoms. The van der Waals surface area contributed by atoms with Crippen LogP contribution in [-0.2, 0) is 4.79 Å². The molecule has 0 aromatic rings. The lowest BCUT2D eigenvalue weighted by atomic mass is 9.91. The van der Waals surface area contributed by atoms with Gasteiger partial charge in [-0.1, -0.05) is 19.3 Å². The molecule has 2 rings (SSSR count). The van der Waals surface area contributed by atoms with E-state index in [-0.39, 0.29) is 30.8 Å². The van der Waals surface area contributed by atoms with Gasteiger partial charge in [-0.15, -0.1) is 0 Å². The standard InChI is InChI=1S/C13H21F3N2O/c14-13(15,16)11-7-6-9(8-17-11)12(19)18-10-4-2-1-3-5-10/h9-11,17H,1-8H2,(H,18,19)/t9-,11-/m0/s1. The molecule has 0 radical (unpaired) electrons. The minimum atomic E-state index is -4.20. The number of piperidine rings is 1. The van der Waals surface area contributed by atoms with Crippen molar-refractivity contribution in [2.45, 2.75) is 63.2 Å². The Hall–Kier alpha value is -0.780. The van der Waals surface area contributed by atoms with Gasteiger partial charge in [0.2, 0.25) is 5.91 Å². The maximum atomic E-state index is 12.5. The van der Waals surface area contributed by atoms with Crippen molar-refractivity contribution in [1.29, 1.82) is 0 Å². The van der Waals surface area contributed by atoms with Crippen LogP contribution in [0.2, 0.25) is 0 Å². The quantitative estimate of drug-likeness (QED) is 0.814. The highest BCUT2D eigenvalue weighted by atomic mass is 19.4. The summed E-state index contributed by atoms with van der Waals surface area (Å²) in [5, 5.41) is 5.42. The number of hydrogen-bond donors (Lipinski definition) is 2. The highest BCUT2D eigenvalue weighted by Gasteiger charge is 2.42. The van der Waals surface area contributed by atoms with Crippen LogP contribution >= 0.6 is 0 Å². The van der Waals surface area contributed by atoms with Gasteiger partial charge in [-0.25, -0.2) is 0 Å². The molecule has 1 heterocycles. The zero-order valence-electron chi connectivity index (χ0n) is 10.9. The predicted octanol–water partition coefficient (Wildman–Crippen LogP) is 2.37. The first-order chi connectivity index (χ1) is 8.97. The van der Waals surface area contributed by atoms with Crippen LogP contribution in [0.5, 0.6) is 0 Å². The Balaban J connectivity index is 1.76. The van der Waals surface area contributed by atoms with Crippen LogP contribution in [0.3, 0.4) is 0 Å². The van der Waals surface area contributed by atoms with Crippen molar-refractivity contribution in [3.8, 4) is 0 Å². The van der Waals surface area contributed by atoms with Crippen LogP contribution < -0.4 is 10.6 Å². The molecular weight excluding hydrogens is 257 g/mol. The Morgan fingerprint density at radius 3 is 2.26 bits per heavy atom. The van der Waals surface area contributed by atoms with Crippen LogP contribution in [-0.4, -0.2) is 30.7 Å². The third-order valence-electron chi connectivity index (χ3n) is 4.13. The zero-order chi connectivity index (χ0) is 13.9. The second kappa shape index (κ2) is 6.11. The molecule has 2 N–H and O–H groups in total. The summed E-state index contributed by atoms with van der Waals surface area (Å²) in [7, 11) is 0. The van der Waals surface area contributed by atoms with Crippen LogP contribution in [0.4, 0.5) is 13.2 Å². The van der Waals surface area contributed by atoms with Crippen LogP contribution in [0.15, 0.2) is 0 Å². The lowest BCUT2D eigenvalue weighted by Crippen LogP contribution is -2.52. The van der Waals surface area contributed by atoms with Crippen molar-refractivity contribution in [3.63, 3.8) is 0 Å².